The van der Waals surface area contributed by atoms with Gasteiger partial charge in [-0.05, 0) is 44.9 Å². The molecule has 2 N–H and O–H groups in total. The van der Waals surface area contributed by atoms with E-state index in [4.69, 9.17) is 4.74 Å². The number of ether oxygens (including phenoxy) is 1. The van der Waals surface area contributed by atoms with Gasteiger partial charge < -0.3 is 15.2 Å². The maximum absolute atomic E-state index is 9.78. The number of benzene rings is 1. The number of anilines is 1. The number of aliphatic hydroxyl groups excluding tert-OH is 1. The quantitative estimate of drug-likeness (QED) is 0.900. The number of hydrogen-bond donors (Lipinski definition) is 2. The average molecular weight is 314 g/mol. The number of nitrogens with one attached hydrogen (secondary N) is 1. The zero-order valence-electron chi connectivity index (χ0n) is 10.8. The molecule has 2 rings (SSSR count). The summed E-state index contributed by atoms with van der Waals surface area (Å²) in [5.41, 5.74) is 0.748. The summed E-state index contributed by atoms with van der Waals surface area (Å²) >= 11 is 3.46. The summed E-state index contributed by atoms with van der Waals surface area (Å²) in [7, 11) is 0. The van der Waals surface area contributed by atoms with Crippen LogP contribution in [0.4, 0.5) is 5.69 Å². The third-order valence-corrected chi connectivity index (χ3v) is 3.85. The van der Waals surface area contributed by atoms with Gasteiger partial charge in [0, 0.05) is 10.2 Å². The van der Waals surface area contributed by atoms with Crippen LogP contribution in [0.1, 0.15) is 26.7 Å². The SMILES string of the molecule is CC1CC(CO)(Nc2cccc(Br)c2)CC(C)O1. The van der Waals surface area contributed by atoms with Crippen LogP contribution in [0.5, 0.6) is 0 Å². The van der Waals surface area contributed by atoms with Gasteiger partial charge in [0.1, 0.15) is 0 Å². The van der Waals surface area contributed by atoms with E-state index in [-0.39, 0.29) is 24.4 Å². The summed E-state index contributed by atoms with van der Waals surface area (Å²) in [4.78, 5) is 0. The number of hydrogen-bond acceptors (Lipinski definition) is 3. The second kappa shape index (κ2) is 5.59. The molecule has 1 aliphatic heterocycles. The molecule has 0 saturated carbocycles. The van der Waals surface area contributed by atoms with Crippen molar-refractivity contribution in [3.63, 3.8) is 0 Å². The Kier molecular flexibility index (Phi) is 4.30. The molecular formula is C14H20BrNO2. The Morgan fingerprint density at radius 1 is 1.39 bits per heavy atom. The maximum atomic E-state index is 9.78. The third kappa shape index (κ3) is 3.25. The Morgan fingerprint density at radius 3 is 2.61 bits per heavy atom. The van der Waals surface area contributed by atoms with Crippen molar-refractivity contribution in [3.8, 4) is 0 Å². The largest absolute Gasteiger partial charge is 0.394 e. The zero-order valence-corrected chi connectivity index (χ0v) is 12.4. The predicted molar refractivity (Wildman–Crippen MR) is 76.8 cm³/mol. The van der Waals surface area contributed by atoms with Gasteiger partial charge in [-0.3, -0.25) is 0 Å². The maximum Gasteiger partial charge on any atom is 0.0663 e. The van der Waals surface area contributed by atoms with E-state index in [2.05, 4.69) is 35.1 Å². The first-order chi connectivity index (χ1) is 8.53. The van der Waals surface area contributed by atoms with E-state index in [0.29, 0.717) is 0 Å². The molecule has 0 spiro atoms. The zero-order chi connectivity index (χ0) is 13.2. The number of halogens is 1. The van der Waals surface area contributed by atoms with Gasteiger partial charge in [0.25, 0.3) is 0 Å². The molecule has 1 aromatic rings. The molecule has 0 bridgehead atoms. The van der Waals surface area contributed by atoms with Crippen LogP contribution >= 0.6 is 15.9 Å². The minimum absolute atomic E-state index is 0.123. The van der Waals surface area contributed by atoms with Gasteiger partial charge in [0.05, 0.1) is 24.4 Å². The van der Waals surface area contributed by atoms with E-state index < -0.39 is 0 Å². The van der Waals surface area contributed by atoms with Crippen molar-refractivity contribution in [2.45, 2.75) is 44.4 Å². The van der Waals surface area contributed by atoms with E-state index in [1.807, 2.05) is 24.3 Å². The van der Waals surface area contributed by atoms with Crippen LogP contribution in [0, 0.1) is 0 Å². The summed E-state index contributed by atoms with van der Waals surface area (Å²) in [6, 6.07) is 8.03. The highest BCUT2D eigenvalue weighted by molar-refractivity contribution is 9.10. The molecule has 1 heterocycles. The van der Waals surface area contributed by atoms with Crippen LogP contribution in [0.15, 0.2) is 28.7 Å². The van der Waals surface area contributed by atoms with Crippen LogP contribution in [0.3, 0.4) is 0 Å². The second-order valence-corrected chi connectivity index (χ2v) is 6.16. The molecule has 1 saturated heterocycles. The van der Waals surface area contributed by atoms with Gasteiger partial charge >= 0.3 is 0 Å². The van der Waals surface area contributed by atoms with Crippen molar-refractivity contribution in [2.75, 3.05) is 11.9 Å². The van der Waals surface area contributed by atoms with Gasteiger partial charge in [0.2, 0.25) is 0 Å². The van der Waals surface area contributed by atoms with Crippen molar-refractivity contribution in [1.82, 2.24) is 0 Å². The third-order valence-electron chi connectivity index (χ3n) is 3.36. The highest BCUT2D eigenvalue weighted by Crippen LogP contribution is 2.32. The molecular weight excluding hydrogens is 294 g/mol. The minimum Gasteiger partial charge on any atom is -0.394 e. The molecule has 0 aromatic heterocycles. The molecule has 3 nitrogen and oxygen atoms in total. The van der Waals surface area contributed by atoms with E-state index in [1.165, 1.54) is 0 Å². The monoisotopic (exact) mass is 313 g/mol. The molecule has 100 valence electrons. The number of aliphatic hydroxyl groups is 1. The van der Waals surface area contributed by atoms with Crippen LogP contribution < -0.4 is 5.32 Å². The van der Waals surface area contributed by atoms with Gasteiger partial charge in [-0.15, -0.1) is 0 Å². The lowest BCUT2D eigenvalue weighted by Crippen LogP contribution is -2.51. The van der Waals surface area contributed by atoms with Gasteiger partial charge in [-0.25, -0.2) is 0 Å². The van der Waals surface area contributed by atoms with Crippen molar-refractivity contribution < 1.29 is 9.84 Å². The highest BCUT2D eigenvalue weighted by Gasteiger charge is 2.38. The van der Waals surface area contributed by atoms with Crippen LogP contribution in [-0.4, -0.2) is 29.5 Å². The molecule has 18 heavy (non-hydrogen) atoms. The Labute approximate surface area is 117 Å². The Balaban J connectivity index is 2.17. The summed E-state index contributed by atoms with van der Waals surface area (Å²) < 4.78 is 6.78. The lowest BCUT2D eigenvalue weighted by Gasteiger charge is -2.43. The highest BCUT2D eigenvalue weighted by atomic mass is 79.9. The van der Waals surface area contributed by atoms with Crippen molar-refractivity contribution in [3.05, 3.63) is 28.7 Å². The fourth-order valence-corrected chi connectivity index (χ4v) is 3.22. The lowest BCUT2D eigenvalue weighted by molar-refractivity contribution is -0.0653. The summed E-state index contributed by atoms with van der Waals surface area (Å²) in [5, 5.41) is 13.3. The molecule has 0 aliphatic carbocycles. The van der Waals surface area contributed by atoms with Crippen molar-refractivity contribution in [1.29, 1.82) is 0 Å². The Bertz CT molecular complexity index is 401. The van der Waals surface area contributed by atoms with Crippen LogP contribution in [0.25, 0.3) is 0 Å². The smallest absolute Gasteiger partial charge is 0.0663 e. The molecule has 2 unspecified atom stereocenters. The lowest BCUT2D eigenvalue weighted by atomic mass is 9.84. The Morgan fingerprint density at radius 2 is 2.06 bits per heavy atom. The topological polar surface area (TPSA) is 41.5 Å². The van der Waals surface area contributed by atoms with E-state index in [1.54, 1.807) is 0 Å². The van der Waals surface area contributed by atoms with Gasteiger partial charge in [-0.1, -0.05) is 22.0 Å². The van der Waals surface area contributed by atoms with Crippen molar-refractivity contribution >= 4 is 21.6 Å². The fraction of sp³-hybridized carbons (Fsp3) is 0.571. The molecule has 2 atom stereocenters. The first-order valence-corrected chi connectivity index (χ1v) is 7.12. The Hall–Kier alpha value is -0.580. The predicted octanol–water partition coefficient (Wildman–Crippen LogP) is 3.18. The van der Waals surface area contributed by atoms with Crippen LogP contribution in [0.2, 0.25) is 0 Å². The molecule has 4 heteroatoms. The van der Waals surface area contributed by atoms with Crippen molar-refractivity contribution in [2.24, 2.45) is 0 Å². The van der Waals surface area contributed by atoms with E-state index in [0.717, 1.165) is 23.0 Å². The normalized spacial score (nSPS) is 32.2. The first kappa shape index (κ1) is 13.8. The minimum atomic E-state index is -0.280. The molecule has 1 aromatic carbocycles. The van der Waals surface area contributed by atoms with E-state index >= 15 is 0 Å². The molecule has 1 fully saturated rings. The van der Waals surface area contributed by atoms with Crippen LogP contribution in [-0.2, 0) is 4.74 Å². The van der Waals surface area contributed by atoms with Gasteiger partial charge in [-0.2, -0.15) is 0 Å². The summed E-state index contributed by atoms with van der Waals surface area (Å²) in [5.74, 6) is 0. The second-order valence-electron chi connectivity index (χ2n) is 5.24. The first-order valence-electron chi connectivity index (χ1n) is 6.33. The fourth-order valence-electron chi connectivity index (χ4n) is 2.82. The summed E-state index contributed by atoms with van der Waals surface area (Å²) in [6.45, 7) is 4.24. The average Bonchev–Trinajstić information content (AvgIpc) is 2.27. The van der Waals surface area contributed by atoms with E-state index in [9.17, 15) is 5.11 Å². The molecule has 0 radical (unpaired) electrons. The number of rotatable bonds is 3. The summed E-state index contributed by atoms with van der Waals surface area (Å²) in [6.07, 6.45) is 1.97. The molecule has 1 aliphatic rings. The molecule has 0 amide bonds. The standard InChI is InChI=1S/C14H20BrNO2/c1-10-7-14(9-17,8-11(2)18-10)16-13-5-3-4-12(15)6-13/h3-6,10-11,16-17H,7-9H2,1-2H3. The van der Waals surface area contributed by atoms with Gasteiger partial charge in [0.15, 0.2) is 0 Å².